The van der Waals surface area contributed by atoms with Gasteiger partial charge in [-0.25, -0.2) is 9.59 Å². The lowest BCUT2D eigenvalue weighted by Crippen LogP contribution is -2.36. The van der Waals surface area contributed by atoms with Crippen LogP contribution in [-0.2, 0) is 11.3 Å². The van der Waals surface area contributed by atoms with Gasteiger partial charge in [-0.2, -0.15) is 0 Å². The second kappa shape index (κ2) is 13.7. The number of urea groups is 1. The molecule has 8 nitrogen and oxygen atoms in total. The van der Waals surface area contributed by atoms with Gasteiger partial charge in [-0.3, -0.25) is 9.69 Å². The summed E-state index contributed by atoms with van der Waals surface area (Å²) in [5.74, 6) is -1.39. The minimum absolute atomic E-state index is 0.218. The molecule has 40 heavy (non-hydrogen) atoms. The monoisotopic (exact) mass is 583 g/mol. The van der Waals surface area contributed by atoms with E-state index in [0.717, 1.165) is 5.56 Å². The highest BCUT2D eigenvalue weighted by Crippen LogP contribution is 2.34. The minimum atomic E-state index is -1.68. The van der Waals surface area contributed by atoms with Crippen LogP contribution in [0.1, 0.15) is 59.5 Å². The van der Waals surface area contributed by atoms with Crippen LogP contribution in [-0.4, -0.2) is 40.8 Å². The number of rotatable bonds is 9. The molecule has 0 aliphatic heterocycles. The maximum Gasteiger partial charge on any atom is 0.334 e. The normalized spacial score (nSPS) is 14.3. The number of carbonyl (C=O) groups excluding carboxylic acids is 2. The van der Waals surface area contributed by atoms with Gasteiger partial charge in [0.05, 0.1) is 23.1 Å². The van der Waals surface area contributed by atoms with E-state index in [-0.39, 0.29) is 12.6 Å². The van der Waals surface area contributed by atoms with Crippen LogP contribution in [0, 0.1) is 0 Å². The maximum atomic E-state index is 13.5. The second-order valence-electron chi connectivity index (χ2n) is 9.83. The van der Waals surface area contributed by atoms with Gasteiger partial charge in [0.25, 0.3) is 5.91 Å². The number of benzene rings is 3. The highest BCUT2D eigenvalue weighted by atomic mass is 35.5. The van der Waals surface area contributed by atoms with Crippen LogP contribution in [0.5, 0.6) is 0 Å². The van der Waals surface area contributed by atoms with Crippen molar-refractivity contribution in [1.82, 2.24) is 5.32 Å². The Balaban J connectivity index is 1.52. The van der Waals surface area contributed by atoms with Gasteiger partial charge in [-0.05, 0) is 72.4 Å². The summed E-state index contributed by atoms with van der Waals surface area (Å²) in [6.45, 7) is -0.189. The average molecular weight is 585 g/mol. The first kappa shape index (κ1) is 29.4. The van der Waals surface area contributed by atoms with Crippen molar-refractivity contribution in [1.29, 1.82) is 0 Å². The standard InChI is InChI=1S/C30H31Cl2N3O5/c31-25-15-12-23(16-26(25)32)34-30(40)35(24-13-10-21(11-14-24)20-4-2-1-3-5-20)18-19-6-8-22(9-7-19)28(37)33-17-27(36)29(38)39/h6-16,20,27,36H,1-5,17-18H2,(H,33,37)(H,34,40)(H,38,39). The third-order valence-electron chi connectivity index (χ3n) is 7.00. The van der Waals surface area contributed by atoms with Gasteiger partial charge in [-0.1, -0.05) is 66.7 Å². The van der Waals surface area contributed by atoms with Crippen LogP contribution in [0.2, 0.25) is 10.0 Å². The van der Waals surface area contributed by atoms with Crippen molar-refractivity contribution in [2.45, 2.75) is 50.7 Å². The lowest BCUT2D eigenvalue weighted by atomic mass is 9.84. The molecule has 1 atom stereocenters. The Morgan fingerprint density at radius 3 is 2.20 bits per heavy atom. The van der Waals surface area contributed by atoms with Crippen LogP contribution >= 0.6 is 23.2 Å². The first-order valence-electron chi connectivity index (χ1n) is 13.1. The fourth-order valence-corrected chi connectivity index (χ4v) is 5.03. The Hall–Kier alpha value is -3.59. The van der Waals surface area contributed by atoms with E-state index in [4.69, 9.17) is 28.3 Å². The first-order chi connectivity index (χ1) is 19.2. The molecular weight excluding hydrogens is 553 g/mol. The predicted octanol–water partition coefficient (Wildman–Crippen LogP) is 6.46. The van der Waals surface area contributed by atoms with Gasteiger partial charge >= 0.3 is 12.0 Å². The lowest BCUT2D eigenvalue weighted by molar-refractivity contribution is -0.146. The van der Waals surface area contributed by atoms with E-state index in [0.29, 0.717) is 32.9 Å². The number of nitrogens with zero attached hydrogens (tertiary/aromatic N) is 1. The molecule has 4 N–H and O–H groups in total. The van der Waals surface area contributed by atoms with Crippen molar-refractivity contribution in [3.05, 3.63) is 93.5 Å². The summed E-state index contributed by atoms with van der Waals surface area (Å²) in [6, 6.07) is 19.2. The Labute approximate surface area is 242 Å². The van der Waals surface area contributed by atoms with E-state index in [9.17, 15) is 19.5 Å². The molecule has 0 spiro atoms. The van der Waals surface area contributed by atoms with Crippen LogP contribution in [0.15, 0.2) is 66.7 Å². The zero-order valence-electron chi connectivity index (χ0n) is 21.8. The fraction of sp³-hybridized carbons (Fsp3) is 0.300. The van der Waals surface area contributed by atoms with Crippen molar-refractivity contribution >= 4 is 52.5 Å². The molecule has 10 heteroatoms. The van der Waals surface area contributed by atoms with Gasteiger partial charge in [0, 0.05) is 16.9 Å². The van der Waals surface area contributed by atoms with Crippen LogP contribution < -0.4 is 15.5 Å². The molecule has 3 aromatic carbocycles. The summed E-state index contributed by atoms with van der Waals surface area (Å²) in [6.07, 6.45) is 4.42. The zero-order valence-corrected chi connectivity index (χ0v) is 23.3. The summed E-state index contributed by atoms with van der Waals surface area (Å²) >= 11 is 12.2. The summed E-state index contributed by atoms with van der Waals surface area (Å²) in [5.41, 5.74) is 3.55. The lowest BCUT2D eigenvalue weighted by Gasteiger charge is -2.26. The summed E-state index contributed by atoms with van der Waals surface area (Å²) in [7, 11) is 0. The largest absolute Gasteiger partial charge is 0.479 e. The molecule has 1 aliphatic rings. The number of carbonyl (C=O) groups is 3. The zero-order chi connectivity index (χ0) is 28.6. The minimum Gasteiger partial charge on any atom is -0.479 e. The van der Waals surface area contributed by atoms with Crippen molar-refractivity contribution < 1.29 is 24.6 Å². The van der Waals surface area contributed by atoms with Gasteiger partial charge in [0.15, 0.2) is 6.10 Å². The summed E-state index contributed by atoms with van der Waals surface area (Å²) in [4.78, 5) is 38.2. The summed E-state index contributed by atoms with van der Waals surface area (Å²) < 4.78 is 0. The van der Waals surface area contributed by atoms with Gasteiger partial charge in [0.2, 0.25) is 0 Å². The summed E-state index contributed by atoms with van der Waals surface area (Å²) in [5, 5.41) is 24.1. The number of aliphatic carboxylic acids is 1. The molecular formula is C30H31Cl2N3O5. The molecule has 0 radical (unpaired) electrons. The number of anilines is 2. The molecule has 1 fully saturated rings. The molecule has 0 heterocycles. The molecule has 210 valence electrons. The van der Waals surface area contributed by atoms with E-state index in [2.05, 4.69) is 22.8 Å². The molecule has 1 saturated carbocycles. The van der Waals surface area contributed by atoms with Crippen molar-refractivity contribution in [2.24, 2.45) is 0 Å². The fourth-order valence-electron chi connectivity index (χ4n) is 4.73. The van der Waals surface area contributed by atoms with Gasteiger partial charge in [-0.15, -0.1) is 0 Å². The molecule has 1 unspecified atom stereocenters. The Kier molecular flexibility index (Phi) is 10.0. The van der Waals surface area contributed by atoms with Crippen molar-refractivity contribution in [3.63, 3.8) is 0 Å². The molecule has 4 rings (SSSR count). The second-order valence-corrected chi connectivity index (χ2v) is 10.6. The number of halogens is 2. The van der Waals surface area contributed by atoms with E-state index >= 15 is 0 Å². The molecule has 0 aromatic heterocycles. The van der Waals surface area contributed by atoms with E-state index in [1.165, 1.54) is 37.7 Å². The SMILES string of the molecule is O=C(NCC(O)C(=O)O)c1ccc(CN(C(=O)Nc2ccc(Cl)c(Cl)c2)c2ccc(C3CCCCC3)cc2)cc1. The number of amides is 3. The third kappa shape index (κ3) is 7.75. The number of nitrogens with one attached hydrogen (secondary N) is 2. The smallest absolute Gasteiger partial charge is 0.334 e. The number of hydrogen-bond acceptors (Lipinski definition) is 4. The molecule has 0 bridgehead atoms. The Morgan fingerprint density at radius 2 is 1.57 bits per heavy atom. The molecule has 1 aliphatic carbocycles. The molecule has 3 amide bonds. The maximum absolute atomic E-state index is 13.5. The number of aliphatic hydroxyl groups is 1. The van der Waals surface area contributed by atoms with Crippen LogP contribution in [0.3, 0.4) is 0 Å². The highest BCUT2D eigenvalue weighted by Gasteiger charge is 2.20. The van der Waals surface area contributed by atoms with Gasteiger partial charge < -0.3 is 20.8 Å². The average Bonchev–Trinajstić information content (AvgIpc) is 2.97. The number of carboxylic acids is 1. The van der Waals surface area contributed by atoms with Gasteiger partial charge in [0.1, 0.15) is 0 Å². The van der Waals surface area contributed by atoms with E-state index < -0.39 is 24.5 Å². The number of hydrogen-bond donors (Lipinski definition) is 4. The molecule has 3 aromatic rings. The van der Waals surface area contributed by atoms with E-state index in [1.807, 2.05) is 12.1 Å². The quantitative estimate of drug-likeness (QED) is 0.230. The Morgan fingerprint density at radius 1 is 0.900 bits per heavy atom. The van der Waals surface area contributed by atoms with E-state index in [1.54, 1.807) is 47.4 Å². The highest BCUT2D eigenvalue weighted by molar-refractivity contribution is 6.42. The number of carboxylic acid groups (broad SMARTS) is 1. The first-order valence-corrected chi connectivity index (χ1v) is 13.9. The Bertz CT molecular complexity index is 1340. The molecule has 0 saturated heterocycles. The van der Waals surface area contributed by atoms with Crippen LogP contribution in [0.25, 0.3) is 0 Å². The number of aliphatic hydroxyl groups excluding tert-OH is 1. The van der Waals surface area contributed by atoms with Crippen molar-refractivity contribution in [2.75, 3.05) is 16.8 Å². The third-order valence-corrected chi connectivity index (χ3v) is 7.73. The van der Waals surface area contributed by atoms with Crippen LogP contribution in [0.4, 0.5) is 16.2 Å². The van der Waals surface area contributed by atoms with Crippen molar-refractivity contribution in [3.8, 4) is 0 Å². The topological polar surface area (TPSA) is 119 Å². The predicted molar refractivity (Wildman–Crippen MR) is 156 cm³/mol.